The van der Waals surface area contributed by atoms with Gasteiger partial charge in [0.25, 0.3) is 5.91 Å². The van der Waals surface area contributed by atoms with E-state index in [1.165, 1.54) is 0 Å². The molecule has 1 N–H and O–H groups in total. The van der Waals surface area contributed by atoms with E-state index >= 15 is 0 Å². The Kier molecular flexibility index (Phi) is 5.53. The fourth-order valence-electron chi connectivity index (χ4n) is 4.48. The largest absolute Gasteiger partial charge is 0.372 e. The molecule has 3 atom stereocenters. The lowest BCUT2D eigenvalue weighted by atomic mass is 9.74. The van der Waals surface area contributed by atoms with Crippen LogP contribution in [0, 0.1) is 5.41 Å². The van der Waals surface area contributed by atoms with E-state index in [9.17, 15) is 4.79 Å². The zero-order chi connectivity index (χ0) is 21.5. The Morgan fingerprint density at radius 1 is 1.30 bits per heavy atom. The summed E-state index contributed by atoms with van der Waals surface area (Å²) in [6, 6.07) is 1.54. The van der Waals surface area contributed by atoms with Gasteiger partial charge in [-0.3, -0.25) is 4.79 Å². The number of carbonyl (C=O) groups is 1. The maximum atomic E-state index is 12.8. The van der Waals surface area contributed by atoms with Crippen molar-refractivity contribution >= 4 is 11.9 Å². The third-order valence-corrected chi connectivity index (χ3v) is 5.81. The topological polar surface area (TPSA) is 93.4 Å². The molecule has 2 aromatic heterocycles. The lowest BCUT2D eigenvalue weighted by molar-refractivity contribution is -0.00575. The number of rotatable bonds is 4. The van der Waals surface area contributed by atoms with Gasteiger partial charge in [0.1, 0.15) is 5.76 Å². The van der Waals surface area contributed by atoms with Crippen LogP contribution >= 0.6 is 0 Å². The van der Waals surface area contributed by atoms with Crippen molar-refractivity contribution in [3.63, 3.8) is 0 Å². The van der Waals surface area contributed by atoms with Crippen LogP contribution < -0.4 is 10.2 Å². The first kappa shape index (κ1) is 20.8. The molecule has 1 aliphatic carbocycles. The van der Waals surface area contributed by atoms with Crippen LogP contribution in [0.4, 0.5) is 5.95 Å². The molecule has 3 heterocycles. The summed E-state index contributed by atoms with van der Waals surface area (Å²) >= 11 is 0. The smallest absolute Gasteiger partial charge is 0.273 e. The number of morpholine rings is 1. The molecule has 1 saturated heterocycles. The maximum Gasteiger partial charge on any atom is 0.273 e. The van der Waals surface area contributed by atoms with E-state index in [0.717, 1.165) is 43.1 Å². The first-order valence-electron chi connectivity index (χ1n) is 10.8. The number of fused-ring (bicyclic) bond motifs is 1. The van der Waals surface area contributed by atoms with Crippen molar-refractivity contribution in [2.24, 2.45) is 5.41 Å². The predicted molar refractivity (Wildman–Crippen MR) is 112 cm³/mol. The minimum Gasteiger partial charge on any atom is -0.372 e. The van der Waals surface area contributed by atoms with Gasteiger partial charge in [-0.1, -0.05) is 25.9 Å². The maximum absolute atomic E-state index is 12.8. The molecule has 2 aliphatic rings. The van der Waals surface area contributed by atoms with Crippen LogP contribution in [0.3, 0.4) is 0 Å². The van der Waals surface area contributed by atoms with Gasteiger partial charge < -0.3 is 19.5 Å². The second kappa shape index (κ2) is 7.98. The Balaban J connectivity index is 1.58. The number of aryl methyl sites for hydroxylation is 1. The van der Waals surface area contributed by atoms with Crippen molar-refractivity contribution in [2.45, 2.75) is 72.1 Å². The zero-order valence-corrected chi connectivity index (χ0v) is 18.4. The highest BCUT2D eigenvalue weighted by Crippen LogP contribution is 2.40. The highest BCUT2D eigenvalue weighted by atomic mass is 16.5. The van der Waals surface area contributed by atoms with Gasteiger partial charge in [-0.25, -0.2) is 9.97 Å². The molecule has 0 bridgehead atoms. The van der Waals surface area contributed by atoms with Crippen LogP contribution in [0.5, 0.6) is 0 Å². The molecule has 0 saturated carbocycles. The normalized spacial score (nSPS) is 25.6. The fraction of sp³-hybridized carbons (Fsp3) is 0.636. The molecule has 2 aromatic rings. The van der Waals surface area contributed by atoms with E-state index in [1.807, 2.05) is 13.1 Å². The van der Waals surface area contributed by atoms with E-state index in [-0.39, 0.29) is 29.6 Å². The minimum atomic E-state index is -0.230. The first-order valence-corrected chi connectivity index (χ1v) is 10.8. The molecule has 162 valence electrons. The van der Waals surface area contributed by atoms with Crippen LogP contribution in [0.25, 0.3) is 0 Å². The van der Waals surface area contributed by atoms with Crippen molar-refractivity contribution in [2.75, 3.05) is 18.0 Å². The van der Waals surface area contributed by atoms with Crippen LogP contribution in [-0.2, 0) is 17.6 Å². The Morgan fingerprint density at radius 2 is 2.03 bits per heavy atom. The summed E-state index contributed by atoms with van der Waals surface area (Å²) < 4.78 is 11.0. The number of hydrogen-bond acceptors (Lipinski definition) is 7. The molecule has 0 unspecified atom stereocenters. The Bertz CT molecular complexity index is 915. The summed E-state index contributed by atoms with van der Waals surface area (Å²) in [6.07, 6.45) is 4.54. The lowest BCUT2D eigenvalue weighted by Gasteiger charge is -2.38. The van der Waals surface area contributed by atoms with Crippen molar-refractivity contribution in [1.82, 2.24) is 20.4 Å². The predicted octanol–water partition coefficient (Wildman–Crippen LogP) is 3.08. The molecule has 30 heavy (non-hydrogen) atoms. The molecule has 8 nitrogen and oxygen atoms in total. The van der Waals surface area contributed by atoms with Gasteiger partial charge in [0.2, 0.25) is 5.95 Å². The summed E-state index contributed by atoms with van der Waals surface area (Å²) in [6.45, 7) is 12.1. The van der Waals surface area contributed by atoms with Gasteiger partial charge in [-0.05, 0) is 32.1 Å². The monoisotopic (exact) mass is 413 g/mol. The summed E-state index contributed by atoms with van der Waals surface area (Å²) in [5.74, 6) is 1.21. The Labute approximate surface area is 177 Å². The quantitative estimate of drug-likeness (QED) is 0.823. The minimum absolute atomic E-state index is 0.0145. The first-order chi connectivity index (χ1) is 14.2. The molecular formula is C22H31N5O3. The van der Waals surface area contributed by atoms with Gasteiger partial charge in [-0.2, -0.15) is 0 Å². The van der Waals surface area contributed by atoms with Crippen LogP contribution in [0.1, 0.15) is 74.6 Å². The number of ether oxygens (including phenoxy) is 1. The van der Waals surface area contributed by atoms with E-state index in [0.29, 0.717) is 17.9 Å². The average Bonchev–Trinajstić information content (AvgIpc) is 3.15. The third kappa shape index (κ3) is 4.33. The molecule has 1 aliphatic heterocycles. The SMILES string of the molecule is CCc1cc(C(=O)N[C@@H]2CC(C)(C)Cc3nc(N4C[C@@H](C)O[C@@H](C)C4)ncc32)no1. The second-order valence-electron chi connectivity index (χ2n) is 9.34. The lowest BCUT2D eigenvalue weighted by Crippen LogP contribution is -2.46. The van der Waals surface area contributed by atoms with Gasteiger partial charge in [0.05, 0.1) is 23.9 Å². The molecule has 1 amide bonds. The molecule has 0 spiro atoms. The zero-order valence-electron chi connectivity index (χ0n) is 18.4. The number of carbonyl (C=O) groups excluding carboxylic acids is 1. The van der Waals surface area contributed by atoms with Crippen molar-refractivity contribution in [1.29, 1.82) is 0 Å². The number of aromatic nitrogens is 3. The van der Waals surface area contributed by atoms with Gasteiger partial charge >= 0.3 is 0 Å². The van der Waals surface area contributed by atoms with Gasteiger partial charge in [-0.15, -0.1) is 0 Å². The number of hydrogen-bond donors (Lipinski definition) is 1. The second-order valence-corrected chi connectivity index (χ2v) is 9.34. The summed E-state index contributed by atoms with van der Waals surface area (Å²) in [7, 11) is 0. The van der Waals surface area contributed by atoms with Crippen molar-refractivity contribution in [3.05, 3.63) is 35.0 Å². The molecule has 0 radical (unpaired) electrons. The van der Waals surface area contributed by atoms with E-state index < -0.39 is 0 Å². The highest BCUT2D eigenvalue weighted by molar-refractivity contribution is 5.92. The summed E-state index contributed by atoms with van der Waals surface area (Å²) in [4.78, 5) is 24.5. The van der Waals surface area contributed by atoms with E-state index in [4.69, 9.17) is 14.2 Å². The highest BCUT2D eigenvalue weighted by Gasteiger charge is 2.36. The number of amides is 1. The van der Waals surface area contributed by atoms with E-state index in [2.05, 4.69) is 48.1 Å². The molecule has 8 heteroatoms. The van der Waals surface area contributed by atoms with Crippen LogP contribution in [-0.4, -0.2) is 46.3 Å². The van der Waals surface area contributed by atoms with Gasteiger partial charge in [0.15, 0.2) is 5.69 Å². The molecule has 0 aromatic carbocycles. The number of nitrogens with zero attached hydrogens (tertiary/aromatic N) is 4. The number of nitrogens with one attached hydrogen (secondary N) is 1. The summed E-state index contributed by atoms with van der Waals surface area (Å²) in [5, 5.41) is 7.02. The standard InChI is InChI=1S/C22H31N5O3/c1-6-15-7-17(26-30-15)20(28)24-18-8-22(4,5)9-19-16(18)10-23-21(25-19)27-11-13(2)29-14(3)12-27/h7,10,13-14,18H,6,8-9,11-12H2,1-5H3,(H,24,28)/t13-,14+,18-/m1/s1. The average molecular weight is 414 g/mol. The van der Waals surface area contributed by atoms with Crippen molar-refractivity contribution in [3.8, 4) is 0 Å². The summed E-state index contributed by atoms with van der Waals surface area (Å²) in [5.41, 5.74) is 2.31. The molecule has 4 rings (SSSR count). The van der Waals surface area contributed by atoms with Crippen LogP contribution in [0.2, 0.25) is 0 Å². The van der Waals surface area contributed by atoms with E-state index in [1.54, 1.807) is 6.07 Å². The number of anilines is 1. The molecular weight excluding hydrogens is 382 g/mol. The Hall–Kier alpha value is -2.48. The van der Waals surface area contributed by atoms with Crippen LogP contribution in [0.15, 0.2) is 16.8 Å². The molecule has 1 fully saturated rings. The fourth-order valence-corrected chi connectivity index (χ4v) is 4.48. The van der Waals surface area contributed by atoms with Crippen molar-refractivity contribution < 1.29 is 14.1 Å². The van der Waals surface area contributed by atoms with Gasteiger partial charge in [0, 0.05) is 37.3 Å². The Morgan fingerprint density at radius 3 is 2.70 bits per heavy atom. The third-order valence-electron chi connectivity index (χ3n) is 5.81.